The van der Waals surface area contributed by atoms with Gasteiger partial charge in [0.15, 0.2) is 0 Å². The standard InChI is InChI=1S/C28H34N2O/c1-3-23-15-17-24(18-16-23)28(31)30(26-12-5-4-6-13-26)21-27-14-9-19-29(27)20-25-11-8-7-10-22(25)2/h7-11,14-19,26H,3-6,12-13,20-21H2,1-2H3. The summed E-state index contributed by atoms with van der Waals surface area (Å²) in [7, 11) is 0. The Morgan fingerprint density at radius 2 is 1.71 bits per heavy atom. The summed E-state index contributed by atoms with van der Waals surface area (Å²) in [4.78, 5) is 15.8. The van der Waals surface area contributed by atoms with E-state index < -0.39 is 0 Å². The first-order chi connectivity index (χ1) is 15.2. The monoisotopic (exact) mass is 414 g/mol. The van der Waals surface area contributed by atoms with Crippen molar-refractivity contribution in [3.05, 3.63) is 94.8 Å². The minimum absolute atomic E-state index is 0.165. The maximum atomic E-state index is 13.6. The van der Waals surface area contributed by atoms with Crippen LogP contribution in [0.4, 0.5) is 0 Å². The number of aryl methyl sites for hydroxylation is 2. The number of hydrogen-bond donors (Lipinski definition) is 0. The third-order valence-electron chi connectivity index (χ3n) is 6.74. The van der Waals surface area contributed by atoms with Gasteiger partial charge in [0.2, 0.25) is 0 Å². The van der Waals surface area contributed by atoms with E-state index in [1.54, 1.807) is 0 Å². The lowest BCUT2D eigenvalue weighted by Crippen LogP contribution is -2.41. The molecule has 1 heterocycles. The molecule has 3 aromatic rings. The summed E-state index contributed by atoms with van der Waals surface area (Å²) in [6, 6.07) is 21.3. The zero-order valence-electron chi connectivity index (χ0n) is 18.9. The van der Waals surface area contributed by atoms with Crippen LogP contribution in [0.25, 0.3) is 0 Å². The molecule has 0 N–H and O–H groups in total. The molecule has 0 unspecified atom stereocenters. The molecule has 31 heavy (non-hydrogen) atoms. The average molecular weight is 415 g/mol. The molecule has 2 aromatic carbocycles. The zero-order valence-corrected chi connectivity index (χ0v) is 18.9. The van der Waals surface area contributed by atoms with Crippen LogP contribution in [0.3, 0.4) is 0 Å². The largest absolute Gasteiger partial charge is 0.345 e. The third-order valence-corrected chi connectivity index (χ3v) is 6.74. The Balaban J connectivity index is 1.59. The molecular weight excluding hydrogens is 380 g/mol. The van der Waals surface area contributed by atoms with E-state index in [2.05, 4.69) is 78.0 Å². The Bertz CT molecular complexity index is 996. The van der Waals surface area contributed by atoms with Gasteiger partial charge in [-0.3, -0.25) is 4.79 Å². The Labute approximate surface area is 186 Å². The predicted molar refractivity (Wildman–Crippen MR) is 127 cm³/mol. The highest BCUT2D eigenvalue weighted by Crippen LogP contribution is 2.26. The topological polar surface area (TPSA) is 25.2 Å². The van der Waals surface area contributed by atoms with Crippen LogP contribution >= 0.6 is 0 Å². The zero-order chi connectivity index (χ0) is 21.6. The van der Waals surface area contributed by atoms with Gasteiger partial charge in [-0.1, -0.05) is 62.6 Å². The van der Waals surface area contributed by atoms with Crippen LogP contribution < -0.4 is 0 Å². The van der Waals surface area contributed by atoms with Crippen molar-refractivity contribution < 1.29 is 4.79 Å². The van der Waals surface area contributed by atoms with Gasteiger partial charge in [0.25, 0.3) is 5.91 Å². The second-order valence-corrected chi connectivity index (χ2v) is 8.83. The number of benzene rings is 2. The van der Waals surface area contributed by atoms with Gasteiger partial charge in [-0.25, -0.2) is 0 Å². The van der Waals surface area contributed by atoms with Gasteiger partial charge in [-0.15, -0.1) is 0 Å². The fourth-order valence-electron chi connectivity index (χ4n) is 4.70. The molecule has 0 atom stereocenters. The van der Waals surface area contributed by atoms with Crippen molar-refractivity contribution in [3.8, 4) is 0 Å². The molecule has 1 saturated carbocycles. The maximum absolute atomic E-state index is 13.6. The molecule has 3 heteroatoms. The number of rotatable bonds is 7. The van der Waals surface area contributed by atoms with Crippen molar-refractivity contribution >= 4 is 5.91 Å². The van der Waals surface area contributed by atoms with Gasteiger partial charge < -0.3 is 9.47 Å². The Hall–Kier alpha value is -2.81. The van der Waals surface area contributed by atoms with Crippen LogP contribution in [0, 0.1) is 6.92 Å². The first-order valence-electron chi connectivity index (χ1n) is 11.7. The van der Waals surface area contributed by atoms with E-state index in [1.807, 2.05) is 12.1 Å². The molecule has 3 nitrogen and oxygen atoms in total. The summed E-state index contributed by atoms with van der Waals surface area (Å²) in [6.45, 7) is 5.81. The number of amides is 1. The Morgan fingerprint density at radius 3 is 2.42 bits per heavy atom. The number of aromatic nitrogens is 1. The van der Waals surface area contributed by atoms with Gasteiger partial charge in [-0.2, -0.15) is 0 Å². The number of nitrogens with zero attached hydrogens (tertiary/aromatic N) is 2. The molecule has 0 aliphatic heterocycles. The van der Waals surface area contributed by atoms with Crippen molar-refractivity contribution in [2.24, 2.45) is 0 Å². The fourth-order valence-corrected chi connectivity index (χ4v) is 4.70. The van der Waals surface area contributed by atoms with Gasteiger partial charge >= 0.3 is 0 Å². The summed E-state index contributed by atoms with van der Waals surface area (Å²) in [5.41, 5.74) is 5.91. The number of carbonyl (C=O) groups excluding carboxylic acids is 1. The van der Waals surface area contributed by atoms with Gasteiger partial charge in [0, 0.05) is 30.0 Å². The summed E-state index contributed by atoms with van der Waals surface area (Å²) in [5, 5.41) is 0. The molecule has 0 bridgehead atoms. The SMILES string of the molecule is CCc1ccc(C(=O)N(Cc2cccn2Cc2ccccc2C)C2CCCCC2)cc1. The Kier molecular flexibility index (Phi) is 6.91. The minimum atomic E-state index is 0.165. The van der Waals surface area contributed by atoms with E-state index in [1.165, 1.54) is 41.6 Å². The smallest absolute Gasteiger partial charge is 0.254 e. The highest BCUT2D eigenvalue weighted by atomic mass is 16.2. The normalized spacial score (nSPS) is 14.5. The summed E-state index contributed by atoms with van der Waals surface area (Å²) < 4.78 is 2.30. The van der Waals surface area contributed by atoms with E-state index >= 15 is 0 Å². The fraction of sp³-hybridized carbons (Fsp3) is 0.393. The van der Waals surface area contributed by atoms with Crippen LogP contribution in [0.2, 0.25) is 0 Å². The molecular formula is C28H34N2O. The second kappa shape index (κ2) is 10.00. The molecule has 0 spiro atoms. The molecule has 4 rings (SSSR count). The first-order valence-corrected chi connectivity index (χ1v) is 11.7. The van der Waals surface area contributed by atoms with E-state index in [0.29, 0.717) is 12.6 Å². The van der Waals surface area contributed by atoms with Gasteiger partial charge in [0.05, 0.1) is 6.54 Å². The van der Waals surface area contributed by atoms with Crippen LogP contribution in [0.1, 0.15) is 71.8 Å². The lowest BCUT2D eigenvalue weighted by atomic mass is 9.93. The van der Waals surface area contributed by atoms with Gasteiger partial charge in [-0.05, 0) is 67.1 Å². The minimum Gasteiger partial charge on any atom is -0.345 e. The first kappa shape index (κ1) is 21.4. The molecule has 0 saturated heterocycles. The van der Waals surface area contributed by atoms with E-state index in [-0.39, 0.29) is 5.91 Å². The molecule has 162 valence electrons. The molecule has 0 radical (unpaired) electrons. The molecule has 1 amide bonds. The molecule has 1 aliphatic rings. The Morgan fingerprint density at radius 1 is 0.968 bits per heavy atom. The van der Waals surface area contributed by atoms with Crippen LogP contribution in [-0.4, -0.2) is 21.4 Å². The highest BCUT2D eigenvalue weighted by molar-refractivity contribution is 5.94. The second-order valence-electron chi connectivity index (χ2n) is 8.83. The van der Waals surface area contributed by atoms with Crippen LogP contribution in [0.15, 0.2) is 66.9 Å². The van der Waals surface area contributed by atoms with Crippen molar-refractivity contribution in [1.29, 1.82) is 0 Å². The maximum Gasteiger partial charge on any atom is 0.254 e. The van der Waals surface area contributed by atoms with Gasteiger partial charge in [0.1, 0.15) is 0 Å². The third kappa shape index (κ3) is 5.10. The molecule has 1 aromatic heterocycles. The average Bonchev–Trinajstić information content (AvgIpc) is 3.26. The van der Waals surface area contributed by atoms with E-state index in [4.69, 9.17) is 0 Å². The van der Waals surface area contributed by atoms with Crippen molar-refractivity contribution in [3.63, 3.8) is 0 Å². The summed E-state index contributed by atoms with van der Waals surface area (Å²) in [5.74, 6) is 0.165. The highest BCUT2D eigenvalue weighted by Gasteiger charge is 2.27. The quantitative estimate of drug-likeness (QED) is 0.440. The van der Waals surface area contributed by atoms with Crippen molar-refractivity contribution in [2.75, 3.05) is 0 Å². The van der Waals surface area contributed by atoms with Crippen molar-refractivity contribution in [1.82, 2.24) is 9.47 Å². The predicted octanol–water partition coefficient (Wildman–Crippen LogP) is 6.38. The summed E-state index contributed by atoms with van der Waals surface area (Å²) in [6.07, 6.45) is 9.07. The van der Waals surface area contributed by atoms with E-state index in [0.717, 1.165) is 31.4 Å². The summed E-state index contributed by atoms with van der Waals surface area (Å²) >= 11 is 0. The molecule has 1 aliphatic carbocycles. The van der Waals surface area contributed by atoms with Crippen molar-refractivity contribution in [2.45, 2.75) is 71.5 Å². The number of carbonyl (C=O) groups is 1. The van der Waals surface area contributed by atoms with Crippen LogP contribution in [0.5, 0.6) is 0 Å². The molecule has 1 fully saturated rings. The van der Waals surface area contributed by atoms with Crippen LogP contribution in [-0.2, 0) is 19.5 Å². The lowest BCUT2D eigenvalue weighted by molar-refractivity contribution is 0.0608. The van der Waals surface area contributed by atoms with E-state index in [9.17, 15) is 4.79 Å². The lowest BCUT2D eigenvalue weighted by Gasteiger charge is -2.35. The number of hydrogen-bond acceptors (Lipinski definition) is 1.